The van der Waals surface area contributed by atoms with Crippen molar-refractivity contribution in [1.82, 2.24) is 15.0 Å². The molecule has 0 saturated heterocycles. The lowest BCUT2D eigenvalue weighted by molar-refractivity contribution is 0.395. The summed E-state index contributed by atoms with van der Waals surface area (Å²) in [5.41, 5.74) is 2.32. The second-order valence-electron chi connectivity index (χ2n) is 6.86. The van der Waals surface area contributed by atoms with Crippen molar-refractivity contribution in [2.45, 2.75) is 5.75 Å². The van der Waals surface area contributed by atoms with Crippen LogP contribution in [0.15, 0.2) is 67.0 Å². The van der Waals surface area contributed by atoms with Crippen molar-refractivity contribution in [2.24, 2.45) is 0 Å². The van der Waals surface area contributed by atoms with E-state index in [0.29, 0.717) is 33.8 Å². The smallest absolute Gasteiger partial charge is 0.238 e. The molecule has 0 aliphatic heterocycles. The van der Waals surface area contributed by atoms with Gasteiger partial charge in [0.2, 0.25) is 10.0 Å². The Bertz CT molecular complexity index is 1330. The molecule has 2 heterocycles. The maximum absolute atomic E-state index is 12.8. The van der Waals surface area contributed by atoms with Gasteiger partial charge in [-0.2, -0.15) is 0 Å². The summed E-state index contributed by atoms with van der Waals surface area (Å²) in [6.07, 6.45) is 3.09. The van der Waals surface area contributed by atoms with Gasteiger partial charge < -0.3 is 14.8 Å². The highest BCUT2D eigenvalue weighted by atomic mass is 32.2. The molecule has 0 aliphatic rings. The maximum atomic E-state index is 12.8. The van der Waals surface area contributed by atoms with Crippen LogP contribution in [-0.4, -0.2) is 37.6 Å². The first-order valence-electron chi connectivity index (χ1n) is 9.62. The Morgan fingerprint density at radius 1 is 0.875 bits per heavy atom. The summed E-state index contributed by atoms with van der Waals surface area (Å²) in [6.45, 7) is 0. The van der Waals surface area contributed by atoms with Crippen LogP contribution in [0.4, 0.5) is 17.3 Å². The van der Waals surface area contributed by atoms with Crippen molar-refractivity contribution in [3.63, 3.8) is 0 Å². The molecule has 0 spiro atoms. The lowest BCUT2D eigenvalue weighted by Crippen LogP contribution is -2.17. The minimum Gasteiger partial charge on any atom is -0.497 e. The summed E-state index contributed by atoms with van der Waals surface area (Å²) in [5.74, 6) is 1.21. The molecule has 4 aromatic rings. The van der Waals surface area contributed by atoms with Crippen molar-refractivity contribution in [3.05, 3.63) is 72.6 Å². The van der Waals surface area contributed by atoms with Crippen LogP contribution in [0.1, 0.15) is 5.56 Å². The zero-order valence-corrected chi connectivity index (χ0v) is 18.3. The molecule has 4 rings (SSSR count). The largest absolute Gasteiger partial charge is 0.497 e. The zero-order chi connectivity index (χ0) is 22.6. The van der Waals surface area contributed by atoms with E-state index in [1.807, 2.05) is 12.1 Å². The van der Waals surface area contributed by atoms with Gasteiger partial charge in [0.25, 0.3) is 0 Å². The molecule has 2 aromatic carbocycles. The van der Waals surface area contributed by atoms with Crippen LogP contribution in [0.3, 0.4) is 0 Å². The molecule has 0 saturated carbocycles. The predicted octanol–water partition coefficient (Wildman–Crippen LogP) is 3.73. The minimum atomic E-state index is -3.78. The standard InChI is InChI=1S/C22H21N5O4S/c1-30-17-10-16(11-18(12-17)31-2)24-21-22(26-20-8-4-3-7-19(20)25-21)27-32(28,29)14-15-6-5-9-23-13-15/h3-13H,14H2,1-2H3,(H,24,25)(H,26,27). The van der Waals surface area contributed by atoms with Crippen LogP contribution in [0.2, 0.25) is 0 Å². The fraction of sp³-hybridized carbons (Fsp3) is 0.136. The number of rotatable bonds is 8. The second kappa shape index (κ2) is 9.06. The van der Waals surface area contributed by atoms with Gasteiger partial charge in [-0.1, -0.05) is 18.2 Å². The van der Waals surface area contributed by atoms with E-state index in [0.717, 1.165) is 0 Å². The Balaban J connectivity index is 1.72. The first-order chi connectivity index (χ1) is 15.5. The van der Waals surface area contributed by atoms with Crippen LogP contribution in [0, 0.1) is 0 Å². The summed E-state index contributed by atoms with van der Waals surface area (Å²) in [6, 6.07) is 15.8. The molecule has 9 nitrogen and oxygen atoms in total. The fourth-order valence-corrected chi connectivity index (χ4v) is 4.18. The number of aromatic nitrogens is 3. The normalized spacial score (nSPS) is 11.2. The lowest BCUT2D eigenvalue weighted by atomic mass is 10.2. The van der Waals surface area contributed by atoms with Crippen molar-refractivity contribution >= 4 is 38.4 Å². The molecule has 164 valence electrons. The third-order valence-electron chi connectivity index (χ3n) is 4.52. The van der Waals surface area contributed by atoms with Crippen LogP contribution < -0.4 is 19.5 Å². The minimum absolute atomic E-state index is 0.0781. The lowest BCUT2D eigenvalue weighted by Gasteiger charge is -2.15. The van der Waals surface area contributed by atoms with Crippen LogP contribution in [0.5, 0.6) is 11.5 Å². The van der Waals surface area contributed by atoms with Crippen LogP contribution in [0.25, 0.3) is 11.0 Å². The Kier molecular flexibility index (Phi) is 6.04. The number of methoxy groups -OCH3 is 2. The average Bonchev–Trinajstić information content (AvgIpc) is 2.79. The van der Waals surface area contributed by atoms with E-state index in [2.05, 4.69) is 25.0 Å². The molecular formula is C22H21N5O4S. The van der Waals surface area contributed by atoms with Gasteiger partial charge in [-0.05, 0) is 23.8 Å². The molecule has 0 aliphatic carbocycles. The fourth-order valence-electron chi connectivity index (χ4n) is 3.06. The van der Waals surface area contributed by atoms with Crippen LogP contribution >= 0.6 is 0 Å². The van der Waals surface area contributed by atoms with E-state index < -0.39 is 10.0 Å². The highest BCUT2D eigenvalue weighted by Gasteiger charge is 2.18. The Hall–Kier alpha value is -3.92. The summed E-state index contributed by atoms with van der Waals surface area (Å²) >= 11 is 0. The molecular weight excluding hydrogens is 430 g/mol. The van der Waals surface area contributed by atoms with Gasteiger partial charge in [-0.15, -0.1) is 0 Å². The molecule has 10 heteroatoms. The number of hydrogen-bond donors (Lipinski definition) is 2. The van der Waals surface area contributed by atoms with Gasteiger partial charge in [0.05, 0.1) is 31.0 Å². The maximum Gasteiger partial charge on any atom is 0.238 e. The van der Waals surface area contributed by atoms with E-state index >= 15 is 0 Å². The zero-order valence-electron chi connectivity index (χ0n) is 17.4. The molecule has 0 fully saturated rings. The van der Waals surface area contributed by atoms with Crippen molar-refractivity contribution in [2.75, 3.05) is 24.3 Å². The molecule has 2 aromatic heterocycles. The molecule has 2 N–H and O–H groups in total. The monoisotopic (exact) mass is 451 g/mol. The number of anilines is 3. The highest BCUT2D eigenvalue weighted by molar-refractivity contribution is 7.91. The number of hydrogen-bond acceptors (Lipinski definition) is 8. The van der Waals surface area contributed by atoms with Crippen molar-refractivity contribution in [1.29, 1.82) is 0 Å². The van der Waals surface area contributed by atoms with Gasteiger partial charge in [-0.3, -0.25) is 9.71 Å². The molecule has 0 radical (unpaired) electrons. The quantitative estimate of drug-likeness (QED) is 0.416. The Morgan fingerprint density at radius 3 is 2.12 bits per heavy atom. The number of fused-ring (bicyclic) bond motifs is 1. The third kappa shape index (κ3) is 5.03. The highest BCUT2D eigenvalue weighted by Crippen LogP contribution is 2.31. The molecule has 0 bridgehead atoms. The topological polar surface area (TPSA) is 115 Å². The van der Waals surface area contributed by atoms with Gasteiger partial charge in [-0.25, -0.2) is 18.4 Å². The first-order valence-corrected chi connectivity index (χ1v) is 11.3. The molecule has 0 amide bonds. The Morgan fingerprint density at radius 2 is 1.53 bits per heavy atom. The van der Waals surface area contributed by atoms with Crippen molar-refractivity contribution < 1.29 is 17.9 Å². The number of benzene rings is 2. The molecule has 0 atom stereocenters. The van der Waals surface area contributed by atoms with Gasteiger partial charge >= 0.3 is 0 Å². The van der Waals surface area contributed by atoms with E-state index in [1.54, 1.807) is 62.9 Å². The Labute approximate surface area is 185 Å². The van der Waals surface area contributed by atoms with Crippen LogP contribution in [-0.2, 0) is 15.8 Å². The van der Waals surface area contributed by atoms with E-state index in [1.165, 1.54) is 6.20 Å². The number of ether oxygens (including phenoxy) is 2. The number of para-hydroxylation sites is 2. The predicted molar refractivity (Wildman–Crippen MR) is 123 cm³/mol. The third-order valence-corrected chi connectivity index (χ3v) is 5.73. The summed E-state index contributed by atoms with van der Waals surface area (Å²) < 4.78 is 38.8. The van der Waals surface area contributed by atoms with E-state index in [9.17, 15) is 8.42 Å². The molecule has 0 unspecified atom stereocenters. The number of nitrogens with zero attached hydrogens (tertiary/aromatic N) is 3. The number of pyridine rings is 1. The number of nitrogens with one attached hydrogen (secondary N) is 2. The van der Waals surface area contributed by atoms with Gasteiger partial charge in [0.1, 0.15) is 11.5 Å². The summed E-state index contributed by atoms with van der Waals surface area (Å²) in [4.78, 5) is 13.0. The van der Waals surface area contributed by atoms with Gasteiger partial charge in [0.15, 0.2) is 11.6 Å². The first kappa shape index (κ1) is 21.3. The number of sulfonamides is 1. The molecule has 32 heavy (non-hydrogen) atoms. The van der Waals surface area contributed by atoms with E-state index in [4.69, 9.17) is 9.47 Å². The average molecular weight is 452 g/mol. The van der Waals surface area contributed by atoms with E-state index in [-0.39, 0.29) is 17.4 Å². The van der Waals surface area contributed by atoms with Crippen molar-refractivity contribution in [3.8, 4) is 11.5 Å². The summed E-state index contributed by atoms with van der Waals surface area (Å²) in [5, 5.41) is 3.13. The SMILES string of the molecule is COc1cc(Nc2nc3ccccc3nc2NS(=O)(=O)Cc2cccnc2)cc(OC)c1. The summed E-state index contributed by atoms with van der Waals surface area (Å²) in [7, 11) is -0.683. The van der Waals surface area contributed by atoms with Gasteiger partial charge in [0, 0.05) is 36.3 Å². The second-order valence-corrected chi connectivity index (χ2v) is 8.58.